The second-order valence-electron chi connectivity index (χ2n) is 4.48. The van der Waals surface area contributed by atoms with E-state index in [2.05, 4.69) is 0 Å². The van der Waals surface area contributed by atoms with Crippen molar-refractivity contribution in [2.45, 2.75) is 43.7 Å². The number of nitrogens with one attached hydrogen (secondary N) is 1. The first-order chi connectivity index (χ1) is 10.2. The van der Waals surface area contributed by atoms with Crippen molar-refractivity contribution in [3.63, 3.8) is 0 Å². The lowest BCUT2D eigenvalue weighted by molar-refractivity contribution is -0.180. The van der Waals surface area contributed by atoms with Crippen LogP contribution in [-0.2, 0) is 28.6 Å². The van der Waals surface area contributed by atoms with Crippen LogP contribution in [0.3, 0.4) is 0 Å². The second-order valence-corrected chi connectivity index (χ2v) is 7.14. The molecule has 0 aliphatic carbocycles. The van der Waals surface area contributed by atoms with Gasteiger partial charge >= 0.3 is 17.9 Å². The number of thioether (sulfide) groups is 2. The van der Waals surface area contributed by atoms with Gasteiger partial charge in [0.05, 0.1) is 4.58 Å². The highest BCUT2D eigenvalue weighted by Gasteiger charge is 2.46. The molecule has 0 radical (unpaired) electrons. The molecule has 3 N–H and O–H groups in total. The van der Waals surface area contributed by atoms with Crippen LogP contribution in [0.1, 0.15) is 20.8 Å². The minimum Gasteiger partial charge on any atom is -0.458 e. The van der Waals surface area contributed by atoms with Crippen LogP contribution in [0, 0.1) is 5.41 Å². The Morgan fingerprint density at radius 2 is 1.55 bits per heavy atom. The molecular weight excluding hydrogens is 332 g/mol. The summed E-state index contributed by atoms with van der Waals surface area (Å²) in [6, 6.07) is 0. The fourth-order valence-corrected chi connectivity index (χ4v) is 4.39. The molecule has 1 heterocycles. The molecule has 0 spiro atoms. The standard InChI is InChI=1S/C12H18N2O6S2/c1-5(15)18-8-4-21-11(22-12(13)14)10(20-7(3)17)9(8)19-6(2)16/h8-11H,4H2,1-3H3,(H3,13,14)/t8-,9+,10-,11+/m1/s1. The summed E-state index contributed by atoms with van der Waals surface area (Å²) in [6.45, 7) is 3.68. The van der Waals surface area contributed by atoms with Gasteiger partial charge in [-0.05, 0) is 0 Å². The van der Waals surface area contributed by atoms with Crippen molar-refractivity contribution in [2.24, 2.45) is 5.73 Å². The third kappa shape index (κ3) is 5.76. The number of amidine groups is 1. The molecule has 22 heavy (non-hydrogen) atoms. The molecule has 1 aliphatic heterocycles. The molecule has 0 bridgehead atoms. The Labute approximate surface area is 136 Å². The van der Waals surface area contributed by atoms with Gasteiger partial charge in [-0.2, -0.15) is 0 Å². The van der Waals surface area contributed by atoms with Crippen LogP contribution in [0.5, 0.6) is 0 Å². The number of ether oxygens (including phenoxy) is 3. The van der Waals surface area contributed by atoms with E-state index in [9.17, 15) is 14.4 Å². The molecule has 0 aromatic heterocycles. The fourth-order valence-electron chi connectivity index (χ4n) is 1.94. The Morgan fingerprint density at radius 3 is 2.00 bits per heavy atom. The molecule has 0 unspecified atom stereocenters. The molecule has 4 atom stereocenters. The fraction of sp³-hybridized carbons (Fsp3) is 0.667. The number of carbonyl (C=O) groups is 3. The average molecular weight is 350 g/mol. The maximum absolute atomic E-state index is 11.3. The van der Waals surface area contributed by atoms with Crippen molar-refractivity contribution in [3.05, 3.63) is 0 Å². The molecule has 1 saturated heterocycles. The zero-order valence-electron chi connectivity index (χ0n) is 12.4. The highest BCUT2D eigenvalue weighted by atomic mass is 32.2. The van der Waals surface area contributed by atoms with Crippen LogP contribution in [0.25, 0.3) is 0 Å². The summed E-state index contributed by atoms with van der Waals surface area (Å²) in [6.07, 6.45) is -2.55. The SMILES string of the molecule is CC(=O)O[C@@H]1[C@@H](OC(C)=O)[C@H](SC(=N)N)SC[C@H]1OC(C)=O. The normalized spacial score (nSPS) is 27.6. The van der Waals surface area contributed by atoms with Gasteiger partial charge in [0, 0.05) is 26.5 Å². The van der Waals surface area contributed by atoms with Crippen molar-refractivity contribution in [2.75, 3.05) is 5.75 Å². The first-order valence-corrected chi connectivity index (χ1v) is 8.27. The predicted octanol–water partition coefficient (Wildman–Crippen LogP) is 0.481. The molecule has 1 fully saturated rings. The minimum atomic E-state index is -0.941. The van der Waals surface area contributed by atoms with E-state index in [0.717, 1.165) is 11.8 Å². The molecule has 0 saturated carbocycles. The summed E-state index contributed by atoms with van der Waals surface area (Å²) in [5.41, 5.74) is 5.38. The van der Waals surface area contributed by atoms with Gasteiger partial charge in [-0.15, -0.1) is 11.8 Å². The van der Waals surface area contributed by atoms with Gasteiger partial charge in [0.25, 0.3) is 0 Å². The van der Waals surface area contributed by atoms with Crippen LogP contribution in [0.4, 0.5) is 0 Å². The Morgan fingerprint density at radius 1 is 1.05 bits per heavy atom. The number of hydrogen-bond acceptors (Lipinski definition) is 9. The van der Waals surface area contributed by atoms with Gasteiger partial charge in [-0.3, -0.25) is 19.8 Å². The van der Waals surface area contributed by atoms with Crippen LogP contribution in [0.15, 0.2) is 0 Å². The van der Waals surface area contributed by atoms with E-state index in [1.807, 2.05) is 0 Å². The van der Waals surface area contributed by atoms with E-state index in [-0.39, 0.29) is 5.17 Å². The van der Waals surface area contributed by atoms with Crippen molar-refractivity contribution in [1.82, 2.24) is 0 Å². The number of hydrogen-bond donors (Lipinski definition) is 2. The third-order valence-electron chi connectivity index (χ3n) is 2.55. The second kappa shape index (κ2) is 8.28. The van der Waals surface area contributed by atoms with Gasteiger partial charge in [0.2, 0.25) is 0 Å². The number of carbonyl (C=O) groups excluding carboxylic acids is 3. The smallest absolute Gasteiger partial charge is 0.303 e. The molecule has 10 heteroatoms. The Hall–Kier alpha value is -1.42. The summed E-state index contributed by atoms with van der Waals surface area (Å²) in [7, 11) is 0. The Bertz CT molecular complexity index is 431. The van der Waals surface area contributed by atoms with Crippen LogP contribution < -0.4 is 5.73 Å². The molecule has 0 amide bonds. The summed E-state index contributed by atoms with van der Waals surface area (Å²) >= 11 is 2.31. The molecule has 0 aromatic carbocycles. The van der Waals surface area contributed by atoms with E-state index in [0.29, 0.717) is 5.75 Å². The van der Waals surface area contributed by atoms with Gasteiger partial charge in [0.1, 0.15) is 0 Å². The van der Waals surface area contributed by atoms with Gasteiger partial charge in [-0.25, -0.2) is 0 Å². The zero-order valence-corrected chi connectivity index (χ0v) is 14.0. The van der Waals surface area contributed by atoms with E-state index in [1.54, 1.807) is 0 Å². The number of rotatable bonds is 4. The lowest BCUT2D eigenvalue weighted by Crippen LogP contribution is -2.53. The van der Waals surface area contributed by atoms with Crippen LogP contribution >= 0.6 is 23.5 Å². The maximum atomic E-state index is 11.3. The highest BCUT2D eigenvalue weighted by molar-refractivity contribution is 8.24. The van der Waals surface area contributed by atoms with Gasteiger partial charge in [-0.1, -0.05) is 11.8 Å². The summed E-state index contributed by atoms with van der Waals surface area (Å²) in [4.78, 5) is 33.8. The van der Waals surface area contributed by atoms with Gasteiger partial charge in [0.15, 0.2) is 23.5 Å². The monoisotopic (exact) mass is 350 g/mol. The van der Waals surface area contributed by atoms with E-state index >= 15 is 0 Å². The number of nitrogens with two attached hydrogens (primary N) is 1. The lowest BCUT2D eigenvalue weighted by Gasteiger charge is -2.39. The summed E-state index contributed by atoms with van der Waals surface area (Å²) in [5, 5.41) is 7.22. The van der Waals surface area contributed by atoms with E-state index in [1.165, 1.54) is 32.5 Å². The highest BCUT2D eigenvalue weighted by Crippen LogP contribution is 2.38. The maximum Gasteiger partial charge on any atom is 0.303 e. The average Bonchev–Trinajstić information content (AvgIpc) is 2.34. The van der Waals surface area contributed by atoms with E-state index in [4.69, 9.17) is 25.4 Å². The van der Waals surface area contributed by atoms with Crippen molar-refractivity contribution >= 4 is 46.6 Å². The summed E-state index contributed by atoms with van der Waals surface area (Å²) in [5.74, 6) is -1.35. The first kappa shape index (κ1) is 18.6. The summed E-state index contributed by atoms with van der Waals surface area (Å²) < 4.78 is 15.1. The quantitative estimate of drug-likeness (QED) is 0.322. The van der Waals surface area contributed by atoms with Gasteiger partial charge < -0.3 is 19.9 Å². The largest absolute Gasteiger partial charge is 0.458 e. The zero-order chi connectivity index (χ0) is 16.9. The topological polar surface area (TPSA) is 129 Å². The van der Waals surface area contributed by atoms with Crippen molar-refractivity contribution < 1.29 is 28.6 Å². The van der Waals surface area contributed by atoms with Crippen molar-refractivity contribution in [1.29, 1.82) is 5.41 Å². The van der Waals surface area contributed by atoms with E-state index < -0.39 is 40.8 Å². The molecule has 1 aliphatic rings. The number of esters is 3. The molecule has 124 valence electrons. The first-order valence-electron chi connectivity index (χ1n) is 6.34. The molecule has 8 nitrogen and oxygen atoms in total. The predicted molar refractivity (Wildman–Crippen MR) is 82.4 cm³/mol. The third-order valence-corrected chi connectivity index (χ3v) is 5.12. The Balaban J connectivity index is 3.03. The van der Waals surface area contributed by atoms with Crippen molar-refractivity contribution in [3.8, 4) is 0 Å². The van der Waals surface area contributed by atoms with Crippen LogP contribution in [0.2, 0.25) is 0 Å². The van der Waals surface area contributed by atoms with Crippen LogP contribution in [-0.4, -0.2) is 51.7 Å². The molecule has 1 rings (SSSR count). The molecular formula is C12H18N2O6S2. The molecule has 0 aromatic rings. The Kier molecular flexibility index (Phi) is 7.01. The minimum absolute atomic E-state index is 0.151. The lowest BCUT2D eigenvalue weighted by atomic mass is 10.1.